The summed E-state index contributed by atoms with van der Waals surface area (Å²) in [5, 5.41) is 49.9. The Labute approximate surface area is 205 Å². The molecule has 12 heteroatoms. The molecule has 5 rings (SSSR count). The molecule has 2 aromatic carbocycles. The summed E-state index contributed by atoms with van der Waals surface area (Å²) in [4.78, 5) is 11.5. The fourth-order valence-electron chi connectivity index (χ4n) is 4.90. The first-order valence-corrected chi connectivity index (χ1v) is 11.2. The monoisotopic (exact) mass is 506 g/mol. The van der Waals surface area contributed by atoms with E-state index in [9.17, 15) is 30.3 Å². The molecular formula is C24H26O12. The highest BCUT2D eigenvalue weighted by molar-refractivity contribution is 5.73. The summed E-state index contributed by atoms with van der Waals surface area (Å²) in [5.41, 5.74) is 1.62. The molecule has 0 aromatic heterocycles. The number of methoxy groups -OCH3 is 2. The minimum absolute atomic E-state index is 0.0581. The fourth-order valence-corrected chi connectivity index (χ4v) is 4.90. The van der Waals surface area contributed by atoms with E-state index in [1.165, 1.54) is 26.4 Å². The number of ether oxygens (including phenoxy) is 6. The summed E-state index contributed by atoms with van der Waals surface area (Å²) in [6, 6.07) is 8.37. The number of rotatable bonds is 6. The average Bonchev–Trinajstić information content (AvgIpc) is 3.27. The molecule has 36 heavy (non-hydrogen) atoms. The molecule has 0 unspecified atom stereocenters. The van der Waals surface area contributed by atoms with Crippen LogP contribution < -0.4 is 23.7 Å². The van der Waals surface area contributed by atoms with Gasteiger partial charge in [-0.1, -0.05) is 6.07 Å². The molecule has 5 N–H and O–H groups in total. The Morgan fingerprint density at radius 1 is 1.08 bits per heavy atom. The summed E-state index contributed by atoms with van der Waals surface area (Å²) in [7, 11) is 3.07. The summed E-state index contributed by atoms with van der Waals surface area (Å²) in [6.07, 6.45) is -8.16. The maximum Gasteiger partial charge on any atom is 0.335 e. The molecule has 194 valence electrons. The maximum absolute atomic E-state index is 11.5. The second-order valence-electron chi connectivity index (χ2n) is 8.75. The number of aliphatic carboxylic acids is 1. The number of hydrogen-bond acceptors (Lipinski definition) is 11. The highest BCUT2D eigenvalue weighted by Crippen LogP contribution is 2.56. The van der Waals surface area contributed by atoms with Crippen LogP contribution >= 0.6 is 0 Å². The van der Waals surface area contributed by atoms with E-state index in [4.69, 9.17) is 28.4 Å². The molecule has 2 aromatic rings. The largest absolute Gasteiger partial charge is 0.493 e. The van der Waals surface area contributed by atoms with Crippen molar-refractivity contribution in [1.82, 2.24) is 0 Å². The quantitative estimate of drug-likeness (QED) is 0.354. The molecule has 0 aliphatic carbocycles. The molecule has 0 bridgehead atoms. The van der Waals surface area contributed by atoms with Crippen molar-refractivity contribution in [2.24, 2.45) is 0 Å². The van der Waals surface area contributed by atoms with Crippen LogP contribution in [-0.4, -0.2) is 89.1 Å². The lowest BCUT2D eigenvalue weighted by Crippen LogP contribution is -2.69. The lowest BCUT2D eigenvalue weighted by molar-refractivity contribution is -0.338. The number of aliphatic hydroxyl groups is 4. The van der Waals surface area contributed by atoms with Gasteiger partial charge in [-0.15, -0.1) is 0 Å². The predicted molar refractivity (Wildman–Crippen MR) is 119 cm³/mol. The van der Waals surface area contributed by atoms with Gasteiger partial charge < -0.3 is 54.0 Å². The number of aliphatic hydroxyl groups excluding tert-OH is 4. The Hall–Kier alpha value is -3.29. The Morgan fingerprint density at radius 2 is 1.83 bits per heavy atom. The Balaban J connectivity index is 1.44. The minimum atomic E-state index is -2.35. The zero-order chi connectivity index (χ0) is 25.8. The molecular weight excluding hydrogens is 480 g/mol. The van der Waals surface area contributed by atoms with Gasteiger partial charge >= 0.3 is 5.97 Å². The lowest BCUT2D eigenvalue weighted by Gasteiger charge is -2.46. The van der Waals surface area contributed by atoms with Gasteiger partial charge in [0, 0.05) is 17.2 Å². The van der Waals surface area contributed by atoms with Crippen LogP contribution in [0.3, 0.4) is 0 Å². The van der Waals surface area contributed by atoms with Crippen molar-refractivity contribution in [3.63, 3.8) is 0 Å². The zero-order valence-electron chi connectivity index (χ0n) is 19.4. The lowest BCUT2D eigenvalue weighted by atomic mass is 9.89. The number of carboxylic acids is 1. The van der Waals surface area contributed by atoms with Crippen LogP contribution in [0.25, 0.3) is 0 Å². The first kappa shape index (κ1) is 24.4. The van der Waals surface area contributed by atoms with Crippen LogP contribution in [0.2, 0.25) is 0 Å². The van der Waals surface area contributed by atoms with Crippen LogP contribution in [-0.2, 0) is 9.53 Å². The van der Waals surface area contributed by atoms with E-state index in [1.807, 2.05) is 6.07 Å². The molecule has 3 aliphatic rings. The summed E-state index contributed by atoms with van der Waals surface area (Å²) in [6.45, 7) is -0.732. The van der Waals surface area contributed by atoms with Gasteiger partial charge in [0.15, 0.2) is 23.7 Å². The second-order valence-corrected chi connectivity index (χ2v) is 8.75. The molecule has 12 nitrogen and oxygen atoms in total. The molecule has 3 heterocycles. The Bertz CT molecular complexity index is 1170. The third-order valence-corrected chi connectivity index (χ3v) is 6.77. The SMILES string of the molecule is COc1ccc2c(c1OC)O[C@H]1c3ccc(O[C@]4(CO)O[C@H](C(=O)O)[C@@H](O)[C@H](O)[C@H]4O)cc3OC[C@@H]21. The van der Waals surface area contributed by atoms with Crippen molar-refractivity contribution >= 4 is 5.97 Å². The van der Waals surface area contributed by atoms with Crippen molar-refractivity contribution in [2.75, 3.05) is 27.4 Å². The standard InChI is InChI=1S/C24H26O12/c1-31-14-6-5-11-13-8-33-15-7-10(3-4-12(15)18(13)34-19(11)20(14)32-2)35-24(9-25)22(28)17(27)16(26)21(36-24)23(29)30/h3-7,13,16-18,21-22,25-28H,8-9H2,1-2H3,(H,29,30)/t13-,16-,17-,18-,21-,22+,24+/m0/s1. The van der Waals surface area contributed by atoms with Crippen molar-refractivity contribution in [2.45, 2.75) is 42.2 Å². The van der Waals surface area contributed by atoms with Gasteiger partial charge in [0.1, 0.15) is 36.4 Å². The van der Waals surface area contributed by atoms with Gasteiger partial charge in [-0.05, 0) is 18.2 Å². The summed E-state index contributed by atoms with van der Waals surface area (Å²) in [5.74, 6) is -2.02. The molecule has 1 fully saturated rings. The topological polar surface area (TPSA) is 174 Å². The van der Waals surface area contributed by atoms with Crippen LogP contribution in [0.5, 0.6) is 28.7 Å². The summed E-state index contributed by atoms with van der Waals surface area (Å²) < 4.78 is 34.0. The van der Waals surface area contributed by atoms with Crippen LogP contribution in [0.15, 0.2) is 30.3 Å². The van der Waals surface area contributed by atoms with E-state index >= 15 is 0 Å². The molecule has 7 atom stereocenters. The molecule has 0 radical (unpaired) electrons. The van der Waals surface area contributed by atoms with Crippen LogP contribution in [0.4, 0.5) is 0 Å². The van der Waals surface area contributed by atoms with Crippen LogP contribution in [0, 0.1) is 0 Å². The summed E-state index contributed by atoms with van der Waals surface area (Å²) >= 11 is 0. The molecule has 3 aliphatic heterocycles. The van der Waals surface area contributed by atoms with Gasteiger partial charge in [0.2, 0.25) is 5.75 Å². The first-order chi connectivity index (χ1) is 17.2. The van der Waals surface area contributed by atoms with Gasteiger partial charge in [-0.3, -0.25) is 0 Å². The number of hydrogen-bond donors (Lipinski definition) is 5. The number of carboxylic acid groups (broad SMARTS) is 1. The van der Waals surface area contributed by atoms with Gasteiger partial charge in [-0.25, -0.2) is 4.79 Å². The van der Waals surface area contributed by atoms with Gasteiger partial charge in [-0.2, -0.15) is 0 Å². The zero-order valence-corrected chi connectivity index (χ0v) is 19.4. The minimum Gasteiger partial charge on any atom is -0.493 e. The molecule has 1 saturated heterocycles. The number of carbonyl (C=O) groups is 1. The molecule has 0 spiro atoms. The molecule has 0 amide bonds. The van der Waals surface area contributed by atoms with E-state index in [1.54, 1.807) is 12.1 Å². The van der Waals surface area contributed by atoms with E-state index in [-0.39, 0.29) is 18.3 Å². The number of fused-ring (bicyclic) bond motifs is 5. The van der Waals surface area contributed by atoms with E-state index in [0.717, 1.165) is 5.56 Å². The van der Waals surface area contributed by atoms with Crippen molar-refractivity contribution < 1.29 is 58.7 Å². The first-order valence-electron chi connectivity index (χ1n) is 11.2. The van der Waals surface area contributed by atoms with Gasteiger partial charge in [0.05, 0.1) is 26.7 Å². The highest BCUT2D eigenvalue weighted by atomic mass is 16.7. The highest BCUT2D eigenvalue weighted by Gasteiger charge is 2.57. The third kappa shape index (κ3) is 3.61. The van der Waals surface area contributed by atoms with E-state index < -0.39 is 48.9 Å². The van der Waals surface area contributed by atoms with Crippen molar-refractivity contribution in [1.29, 1.82) is 0 Å². The third-order valence-electron chi connectivity index (χ3n) is 6.77. The Morgan fingerprint density at radius 3 is 2.50 bits per heavy atom. The maximum atomic E-state index is 11.5. The number of benzene rings is 2. The van der Waals surface area contributed by atoms with Gasteiger partial charge in [0.25, 0.3) is 5.79 Å². The Kier molecular flexibility index (Phi) is 6.09. The normalized spacial score (nSPS) is 32.3. The van der Waals surface area contributed by atoms with E-state index in [0.29, 0.717) is 28.6 Å². The van der Waals surface area contributed by atoms with E-state index in [2.05, 4.69) is 0 Å². The predicted octanol–water partition coefficient (Wildman–Crippen LogP) is -0.0530. The second kappa shape index (κ2) is 8.98. The van der Waals surface area contributed by atoms with Crippen molar-refractivity contribution in [3.05, 3.63) is 41.5 Å². The smallest absolute Gasteiger partial charge is 0.335 e. The van der Waals surface area contributed by atoms with Crippen LogP contribution in [0.1, 0.15) is 23.1 Å². The fraction of sp³-hybridized carbons (Fsp3) is 0.458. The molecule has 0 saturated carbocycles. The average molecular weight is 506 g/mol. The van der Waals surface area contributed by atoms with Crippen molar-refractivity contribution in [3.8, 4) is 28.7 Å².